The van der Waals surface area contributed by atoms with E-state index in [1.807, 2.05) is 31.2 Å². The number of methoxy groups -OCH3 is 1. The van der Waals surface area contributed by atoms with Gasteiger partial charge < -0.3 is 19.7 Å². The first-order valence-electron chi connectivity index (χ1n) is 10.0. The van der Waals surface area contributed by atoms with Gasteiger partial charge in [0, 0.05) is 37.8 Å². The van der Waals surface area contributed by atoms with Gasteiger partial charge in [0.1, 0.15) is 5.82 Å². The number of hydrogen-bond donors (Lipinski definition) is 1. The molecule has 1 N–H and O–H groups in total. The van der Waals surface area contributed by atoms with Crippen LogP contribution in [0.15, 0.2) is 36.5 Å². The summed E-state index contributed by atoms with van der Waals surface area (Å²) in [6, 6.07) is 7.62. The highest BCUT2D eigenvalue weighted by molar-refractivity contribution is 5.93. The Hall–Kier alpha value is -3.06. The number of carbonyl (C=O) groups is 2. The lowest BCUT2D eigenvalue weighted by atomic mass is 10.0. The molecular weight excluding hydrogens is 418 g/mol. The quantitative estimate of drug-likeness (QED) is 0.624. The van der Waals surface area contributed by atoms with Gasteiger partial charge in [-0.05, 0) is 42.2 Å². The van der Waals surface area contributed by atoms with Crippen LogP contribution in [0.1, 0.15) is 36.5 Å². The van der Waals surface area contributed by atoms with Gasteiger partial charge in [-0.3, -0.25) is 9.59 Å². The summed E-state index contributed by atoms with van der Waals surface area (Å²) in [6.45, 7) is 3.02. The predicted octanol–water partition coefficient (Wildman–Crippen LogP) is 3.86. The summed E-state index contributed by atoms with van der Waals surface area (Å²) in [7, 11) is 3.35. The molecule has 0 atom stereocenters. The molecule has 1 aromatic carbocycles. The number of fused-ring (bicyclic) bond motifs is 1. The lowest BCUT2D eigenvalue weighted by molar-refractivity contribution is -0.125. The lowest BCUT2D eigenvalue weighted by Gasteiger charge is -2.19. The number of halogens is 1. The van der Waals surface area contributed by atoms with E-state index in [4.69, 9.17) is 9.47 Å². The van der Waals surface area contributed by atoms with Crippen molar-refractivity contribution in [3.8, 4) is 11.5 Å². The Labute approximate surface area is 188 Å². The van der Waals surface area contributed by atoms with Crippen LogP contribution in [0.5, 0.6) is 11.5 Å². The zero-order valence-corrected chi connectivity index (χ0v) is 18.8. The van der Waals surface area contributed by atoms with Crippen molar-refractivity contribution in [2.45, 2.75) is 32.7 Å². The Morgan fingerprint density at radius 2 is 2.13 bits per heavy atom. The van der Waals surface area contributed by atoms with E-state index >= 15 is 0 Å². The van der Waals surface area contributed by atoms with E-state index in [-0.39, 0.29) is 24.2 Å². The molecule has 0 aliphatic carbocycles. The van der Waals surface area contributed by atoms with Crippen molar-refractivity contribution in [3.05, 3.63) is 53.2 Å². The number of para-hydroxylation sites is 1. The third-order valence-corrected chi connectivity index (χ3v) is 4.80. The second-order valence-electron chi connectivity index (χ2n) is 7.15. The van der Waals surface area contributed by atoms with Crippen LogP contribution >= 0.6 is 12.4 Å². The highest BCUT2D eigenvalue weighted by Crippen LogP contribution is 2.32. The van der Waals surface area contributed by atoms with Crippen LogP contribution in [-0.2, 0) is 22.6 Å². The maximum absolute atomic E-state index is 12.6. The zero-order chi connectivity index (χ0) is 21.5. The number of rotatable bonds is 8. The molecule has 0 saturated heterocycles. The largest absolute Gasteiger partial charge is 0.493 e. The van der Waals surface area contributed by atoms with Gasteiger partial charge in [0.05, 0.1) is 13.7 Å². The third-order valence-electron chi connectivity index (χ3n) is 4.80. The van der Waals surface area contributed by atoms with E-state index in [9.17, 15) is 9.59 Å². The number of aryl methyl sites for hydroxylation is 1. The molecule has 7 nitrogen and oxygen atoms in total. The number of anilines is 1. The summed E-state index contributed by atoms with van der Waals surface area (Å²) in [4.78, 5) is 30.0. The molecule has 0 fully saturated rings. The first kappa shape index (κ1) is 24.2. The predicted molar refractivity (Wildman–Crippen MR) is 123 cm³/mol. The van der Waals surface area contributed by atoms with Gasteiger partial charge in [-0.25, -0.2) is 4.98 Å². The number of carbonyl (C=O) groups excluding carboxylic acids is 2. The van der Waals surface area contributed by atoms with E-state index in [0.29, 0.717) is 43.3 Å². The van der Waals surface area contributed by atoms with Crippen molar-refractivity contribution in [1.82, 2.24) is 9.88 Å². The first-order chi connectivity index (χ1) is 14.5. The van der Waals surface area contributed by atoms with E-state index in [1.165, 1.54) is 6.08 Å². The van der Waals surface area contributed by atoms with Crippen molar-refractivity contribution in [3.63, 3.8) is 0 Å². The molecule has 31 heavy (non-hydrogen) atoms. The fourth-order valence-electron chi connectivity index (χ4n) is 3.21. The number of nitrogens with zero attached hydrogens (tertiary/aromatic N) is 2. The number of nitrogens with one attached hydrogen (secondary N) is 1. The van der Waals surface area contributed by atoms with Gasteiger partial charge >= 0.3 is 0 Å². The standard InChI is InChI=1S/C23H27N3O4.ClH/c1-4-12-30-22-18(6-5-7-19(22)29-3)15-26(2)21(28)11-8-16-13-17-9-10-20(27)25-23(17)24-14-16;/h5-8,11,13-14H,4,9-10,12,15H2,1-3H3,(H,24,25,27);1H. The van der Waals surface area contributed by atoms with Crippen LogP contribution in [0.4, 0.5) is 5.82 Å². The first-order valence-corrected chi connectivity index (χ1v) is 10.0. The number of ether oxygens (including phenoxy) is 2. The highest BCUT2D eigenvalue weighted by Gasteiger charge is 2.16. The van der Waals surface area contributed by atoms with Gasteiger partial charge in [-0.15, -0.1) is 12.4 Å². The van der Waals surface area contributed by atoms with Gasteiger partial charge in [0.15, 0.2) is 11.5 Å². The average Bonchev–Trinajstić information content (AvgIpc) is 2.76. The smallest absolute Gasteiger partial charge is 0.246 e. The van der Waals surface area contributed by atoms with Gasteiger partial charge in [0.25, 0.3) is 0 Å². The average molecular weight is 446 g/mol. The van der Waals surface area contributed by atoms with Crippen LogP contribution in [0.3, 0.4) is 0 Å². The molecule has 2 heterocycles. The van der Waals surface area contributed by atoms with Crippen LogP contribution in [0, 0.1) is 0 Å². The number of hydrogen-bond acceptors (Lipinski definition) is 5. The van der Waals surface area contributed by atoms with Gasteiger partial charge in [-0.1, -0.05) is 19.1 Å². The van der Waals surface area contributed by atoms with Gasteiger partial charge in [-0.2, -0.15) is 0 Å². The maximum Gasteiger partial charge on any atom is 0.246 e. The monoisotopic (exact) mass is 445 g/mol. The van der Waals surface area contributed by atoms with E-state index in [0.717, 1.165) is 23.1 Å². The fraction of sp³-hybridized carbons (Fsp3) is 0.348. The Bertz CT molecular complexity index is 962. The van der Waals surface area contributed by atoms with Crippen molar-refractivity contribution in [2.75, 3.05) is 26.1 Å². The Kier molecular flexibility index (Phi) is 8.88. The second kappa shape index (κ2) is 11.4. The molecule has 0 unspecified atom stereocenters. The summed E-state index contributed by atoms with van der Waals surface area (Å²) < 4.78 is 11.3. The molecule has 1 aromatic heterocycles. The molecule has 166 valence electrons. The highest BCUT2D eigenvalue weighted by atomic mass is 35.5. The topological polar surface area (TPSA) is 80.8 Å². The number of amides is 2. The van der Waals surface area contributed by atoms with Crippen LogP contribution < -0.4 is 14.8 Å². The van der Waals surface area contributed by atoms with E-state index < -0.39 is 0 Å². The SMILES string of the molecule is CCCOc1c(CN(C)C(=O)C=Cc2cnc3c(c2)CCC(=O)N3)cccc1OC.Cl. The van der Waals surface area contributed by atoms with Crippen molar-refractivity contribution < 1.29 is 19.1 Å². The maximum atomic E-state index is 12.6. The molecule has 0 radical (unpaired) electrons. The Balaban J connectivity index is 0.00000341. The lowest BCUT2D eigenvalue weighted by Crippen LogP contribution is -2.24. The minimum Gasteiger partial charge on any atom is -0.493 e. The normalized spacial score (nSPS) is 12.5. The zero-order valence-electron chi connectivity index (χ0n) is 18.0. The number of aromatic nitrogens is 1. The molecule has 2 aromatic rings. The minimum absolute atomic E-state index is 0. The summed E-state index contributed by atoms with van der Waals surface area (Å²) >= 11 is 0. The molecule has 1 aliphatic rings. The summed E-state index contributed by atoms with van der Waals surface area (Å²) in [5.41, 5.74) is 2.69. The van der Waals surface area contributed by atoms with Crippen molar-refractivity contribution >= 4 is 36.1 Å². The molecule has 2 amide bonds. The van der Waals surface area contributed by atoms with Crippen LogP contribution in [0.2, 0.25) is 0 Å². The molecule has 0 saturated carbocycles. The van der Waals surface area contributed by atoms with Gasteiger partial charge in [0.2, 0.25) is 11.8 Å². The number of benzene rings is 1. The summed E-state index contributed by atoms with van der Waals surface area (Å²) in [6.07, 6.45) is 6.90. The second-order valence-corrected chi connectivity index (χ2v) is 7.15. The van der Waals surface area contributed by atoms with Crippen LogP contribution in [0.25, 0.3) is 6.08 Å². The van der Waals surface area contributed by atoms with E-state index in [1.54, 1.807) is 31.3 Å². The van der Waals surface area contributed by atoms with Crippen molar-refractivity contribution in [2.24, 2.45) is 0 Å². The van der Waals surface area contributed by atoms with E-state index in [2.05, 4.69) is 10.3 Å². The molecule has 1 aliphatic heterocycles. The molecule has 8 heteroatoms. The molecule has 0 bridgehead atoms. The molecule has 3 rings (SSSR count). The van der Waals surface area contributed by atoms with Crippen molar-refractivity contribution in [1.29, 1.82) is 0 Å². The number of pyridine rings is 1. The Morgan fingerprint density at radius 1 is 1.32 bits per heavy atom. The molecule has 0 spiro atoms. The summed E-state index contributed by atoms with van der Waals surface area (Å²) in [5, 5.41) is 2.76. The fourth-order valence-corrected chi connectivity index (χ4v) is 3.21. The summed E-state index contributed by atoms with van der Waals surface area (Å²) in [5.74, 6) is 1.78. The minimum atomic E-state index is -0.134. The number of likely N-dealkylation sites (N-methyl/N-ethyl adjacent to an activating group) is 1. The Morgan fingerprint density at radius 3 is 2.87 bits per heavy atom. The molecular formula is C23H28ClN3O4. The third kappa shape index (κ3) is 6.21. The van der Waals surface area contributed by atoms with Crippen LogP contribution in [-0.4, -0.2) is 42.5 Å².